The number of amides is 1. The number of carbonyl (C=O) groups is 1. The summed E-state index contributed by atoms with van der Waals surface area (Å²) >= 11 is 0. The zero-order valence-corrected chi connectivity index (χ0v) is 13.3. The summed E-state index contributed by atoms with van der Waals surface area (Å²) in [7, 11) is 0. The van der Waals surface area contributed by atoms with Gasteiger partial charge in [-0.2, -0.15) is 0 Å². The normalized spacial score (nSPS) is 15.8. The molecule has 1 amide bonds. The highest BCUT2D eigenvalue weighted by molar-refractivity contribution is 5.81. The molecule has 1 aromatic heterocycles. The first-order valence-electron chi connectivity index (χ1n) is 7.93. The molecule has 2 heterocycles. The lowest BCUT2D eigenvalue weighted by Gasteiger charge is -2.34. The molecule has 0 radical (unpaired) electrons. The van der Waals surface area contributed by atoms with Crippen molar-refractivity contribution >= 4 is 16.7 Å². The van der Waals surface area contributed by atoms with Gasteiger partial charge in [-0.1, -0.05) is 12.1 Å². The number of aliphatic hydroxyl groups excluding tert-OH is 1. The molecule has 1 fully saturated rings. The number of hydrogen-bond donors (Lipinski definition) is 2. The molecule has 1 aromatic carbocycles. The van der Waals surface area contributed by atoms with Crippen LogP contribution in [-0.2, 0) is 11.3 Å². The number of H-pyrrole nitrogens is 1. The quantitative estimate of drug-likeness (QED) is 0.735. The Morgan fingerprint density at radius 1 is 1.08 bits per heavy atom. The Balaban J connectivity index is 1.76. The van der Waals surface area contributed by atoms with E-state index in [1.807, 2.05) is 0 Å². The number of piperazine rings is 1. The SMILES string of the molecule is O=C(Cn1[nH]c(=O)c2ccccc2c1=O)N1CCN(CCO)CC1. The number of nitrogens with zero attached hydrogens (tertiary/aromatic N) is 3. The van der Waals surface area contributed by atoms with E-state index in [4.69, 9.17) is 5.11 Å². The fourth-order valence-electron chi connectivity index (χ4n) is 2.96. The van der Waals surface area contributed by atoms with Gasteiger partial charge in [0.2, 0.25) is 5.91 Å². The zero-order valence-electron chi connectivity index (χ0n) is 13.3. The molecule has 3 rings (SSSR count). The van der Waals surface area contributed by atoms with Crippen molar-refractivity contribution < 1.29 is 9.90 Å². The lowest BCUT2D eigenvalue weighted by atomic mass is 10.2. The molecule has 24 heavy (non-hydrogen) atoms. The summed E-state index contributed by atoms with van der Waals surface area (Å²) in [6, 6.07) is 6.55. The molecule has 1 aliphatic heterocycles. The topological polar surface area (TPSA) is 98.6 Å². The Hall–Kier alpha value is -2.45. The van der Waals surface area contributed by atoms with Crippen molar-refractivity contribution in [2.24, 2.45) is 0 Å². The first-order valence-corrected chi connectivity index (χ1v) is 7.93. The molecule has 0 unspecified atom stereocenters. The minimum atomic E-state index is -0.384. The third-order valence-corrected chi connectivity index (χ3v) is 4.32. The number of aromatic nitrogens is 2. The van der Waals surface area contributed by atoms with Gasteiger partial charge in [0.05, 0.1) is 17.4 Å². The maximum atomic E-state index is 12.4. The summed E-state index contributed by atoms with van der Waals surface area (Å²) < 4.78 is 1.08. The highest BCUT2D eigenvalue weighted by Crippen LogP contribution is 2.04. The van der Waals surface area contributed by atoms with Gasteiger partial charge in [-0.3, -0.25) is 24.4 Å². The standard InChI is InChI=1S/C16H20N4O4/c21-10-9-18-5-7-19(8-6-18)14(22)11-20-16(24)13-4-2-1-3-12(13)15(23)17-20/h1-4,21H,5-11H2,(H,17,23). The van der Waals surface area contributed by atoms with Gasteiger partial charge < -0.3 is 10.0 Å². The summed E-state index contributed by atoms with van der Waals surface area (Å²) in [6.07, 6.45) is 0. The molecule has 1 aliphatic rings. The predicted molar refractivity (Wildman–Crippen MR) is 88.9 cm³/mol. The Morgan fingerprint density at radius 2 is 1.75 bits per heavy atom. The van der Waals surface area contributed by atoms with Crippen LogP contribution in [0.25, 0.3) is 10.8 Å². The van der Waals surface area contributed by atoms with Gasteiger partial charge in [-0.15, -0.1) is 0 Å². The second kappa shape index (κ2) is 6.98. The summed E-state index contributed by atoms with van der Waals surface area (Å²) in [6.45, 7) is 2.99. The average molecular weight is 332 g/mol. The number of nitrogens with one attached hydrogen (secondary N) is 1. The van der Waals surface area contributed by atoms with Gasteiger partial charge in [0, 0.05) is 32.7 Å². The number of benzene rings is 1. The second-order valence-corrected chi connectivity index (χ2v) is 5.82. The summed E-state index contributed by atoms with van der Waals surface area (Å²) in [5, 5.41) is 12.0. The fourth-order valence-corrected chi connectivity index (χ4v) is 2.96. The van der Waals surface area contributed by atoms with Crippen molar-refractivity contribution in [2.75, 3.05) is 39.3 Å². The molecule has 1 saturated heterocycles. The lowest BCUT2D eigenvalue weighted by molar-refractivity contribution is -0.133. The molecule has 0 bridgehead atoms. The maximum absolute atomic E-state index is 12.4. The van der Waals surface area contributed by atoms with Crippen LogP contribution >= 0.6 is 0 Å². The number of carbonyl (C=O) groups excluding carboxylic acids is 1. The molecule has 2 aromatic rings. The molecule has 0 atom stereocenters. The predicted octanol–water partition coefficient (Wildman–Crippen LogP) is -1.17. The van der Waals surface area contributed by atoms with Gasteiger partial charge in [0.1, 0.15) is 6.54 Å². The van der Waals surface area contributed by atoms with Crippen LogP contribution in [0.15, 0.2) is 33.9 Å². The van der Waals surface area contributed by atoms with E-state index in [9.17, 15) is 14.4 Å². The van der Waals surface area contributed by atoms with Crippen molar-refractivity contribution in [2.45, 2.75) is 6.54 Å². The van der Waals surface area contributed by atoms with Crippen LogP contribution in [0.3, 0.4) is 0 Å². The van der Waals surface area contributed by atoms with Crippen molar-refractivity contribution in [3.05, 3.63) is 45.0 Å². The van der Waals surface area contributed by atoms with Crippen LogP contribution in [-0.4, -0.2) is 69.9 Å². The minimum absolute atomic E-state index is 0.0989. The third-order valence-electron chi connectivity index (χ3n) is 4.32. The van der Waals surface area contributed by atoms with E-state index < -0.39 is 0 Å². The monoisotopic (exact) mass is 332 g/mol. The fraction of sp³-hybridized carbons (Fsp3) is 0.438. The van der Waals surface area contributed by atoms with E-state index >= 15 is 0 Å². The number of aliphatic hydroxyl groups is 1. The summed E-state index contributed by atoms with van der Waals surface area (Å²) in [5.41, 5.74) is -0.761. The van der Waals surface area contributed by atoms with E-state index in [0.29, 0.717) is 43.5 Å². The van der Waals surface area contributed by atoms with E-state index in [1.54, 1.807) is 29.2 Å². The third kappa shape index (κ3) is 3.24. The van der Waals surface area contributed by atoms with Gasteiger partial charge in [0.25, 0.3) is 11.1 Å². The van der Waals surface area contributed by atoms with Gasteiger partial charge in [-0.05, 0) is 12.1 Å². The Morgan fingerprint density at radius 3 is 2.42 bits per heavy atom. The van der Waals surface area contributed by atoms with Crippen LogP contribution in [0.4, 0.5) is 0 Å². The van der Waals surface area contributed by atoms with Crippen LogP contribution in [0, 0.1) is 0 Å². The van der Waals surface area contributed by atoms with Crippen LogP contribution < -0.4 is 11.1 Å². The van der Waals surface area contributed by atoms with Crippen molar-refractivity contribution in [3.8, 4) is 0 Å². The van der Waals surface area contributed by atoms with E-state index in [-0.39, 0.29) is 30.2 Å². The van der Waals surface area contributed by atoms with Gasteiger partial charge in [-0.25, -0.2) is 4.68 Å². The molecule has 8 nitrogen and oxygen atoms in total. The molecule has 0 spiro atoms. The van der Waals surface area contributed by atoms with E-state index in [1.165, 1.54) is 0 Å². The molecular weight excluding hydrogens is 312 g/mol. The van der Waals surface area contributed by atoms with E-state index in [2.05, 4.69) is 10.00 Å². The molecular formula is C16H20N4O4. The van der Waals surface area contributed by atoms with Crippen molar-refractivity contribution in [1.82, 2.24) is 19.6 Å². The first-order chi connectivity index (χ1) is 11.6. The van der Waals surface area contributed by atoms with E-state index in [0.717, 1.165) is 4.68 Å². The summed E-state index contributed by atoms with van der Waals surface area (Å²) in [4.78, 5) is 40.6. The average Bonchev–Trinajstić information content (AvgIpc) is 2.60. The van der Waals surface area contributed by atoms with Crippen LogP contribution in [0.2, 0.25) is 0 Å². The second-order valence-electron chi connectivity index (χ2n) is 5.82. The Kier molecular flexibility index (Phi) is 4.77. The molecule has 8 heteroatoms. The lowest BCUT2D eigenvalue weighted by Crippen LogP contribution is -2.50. The molecule has 128 valence electrons. The largest absolute Gasteiger partial charge is 0.395 e. The van der Waals surface area contributed by atoms with Crippen LogP contribution in [0.1, 0.15) is 0 Å². The smallest absolute Gasteiger partial charge is 0.273 e. The highest BCUT2D eigenvalue weighted by Gasteiger charge is 2.21. The number of fused-ring (bicyclic) bond motifs is 1. The van der Waals surface area contributed by atoms with Crippen molar-refractivity contribution in [3.63, 3.8) is 0 Å². The molecule has 0 saturated carbocycles. The molecule has 0 aliphatic carbocycles. The minimum Gasteiger partial charge on any atom is -0.395 e. The van der Waals surface area contributed by atoms with Crippen LogP contribution in [0.5, 0.6) is 0 Å². The van der Waals surface area contributed by atoms with Gasteiger partial charge >= 0.3 is 0 Å². The van der Waals surface area contributed by atoms with Gasteiger partial charge in [0.15, 0.2) is 0 Å². The number of aromatic amines is 1. The Bertz CT molecular complexity index is 849. The molecule has 2 N–H and O–H groups in total. The number of hydrogen-bond acceptors (Lipinski definition) is 5. The number of rotatable bonds is 4. The highest BCUT2D eigenvalue weighted by atomic mass is 16.3. The van der Waals surface area contributed by atoms with Crippen molar-refractivity contribution in [1.29, 1.82) is 0 Å². The maximum Gasteiger partial charge on any atom is 0.273 e. The zero-order chi connectivity index (χ0) is 17.1. The first kappa shape index (κ1) is 16.4. The number of β-amino-alcohol motifs (C(OH)–C–C–N with tert-alkyl or cyclic N) is 1. The Labute approximate surface area is 137 Å². The summed E-state index contributed by atoms with van der Waals surface area (Å²) in [5.74, 6) is -0.202.